The number of hydrogen-bond acceptors (Lipinski definition) is 5. The Hall–Kier alpha value is -1.24. The van der Waals surface area contributed by atoms with Crippen LogP contribution in [0.4, 0.5) is 5.69 Å². The van der Waals surface area contributed by atoms with Crippen LogP contribution < -0.4 is 5.11 Å². The number of rotatable bonds is 2. The van der Waals surface area contributed by atoms with Gasteiger partial charge in [0, 0.05) is 23.5 Å². The summed E-state index contributed by atoms with van der Waals surface area (Å²) in [6.07, 6.45) is -0.112. The van der Waals surface area contributed by atoms with Gasteiger partial charge in [-0.25, -0.2) is 4.99 Å². The number of aliphatic carboxylic acids is 1. The number of nitrogens with zero attached hydrogens (tertiary/aromatic N) is 2. The van der Waals surface area contributed by atoms with E-state index in [2.05, 4.69) is 4.99 Å². The molecule has 2 rings (SSSR count). The van der Waals surface area contributed by atoms with Crippen molar-refractivity contribution in [3.8, 4) is 0 Å². The molecule has 1 saturated heterocycles. The Morgan fingerprint density at radius 3 is 2.55 bits per heavy atom. The molecule has 1 amide bonds. The molecule has 1 aliphatic heterocycles. The van der Waals surface area contributed by atoms with Gasteiger partial charge >= 0.3 is 0 Å². The third kappa shape index (κ3) is 3.45. The van der Waals surface area contributed by atoms with Gasteiger partial charge < -0.3 is 9.90 Å². The molecule has 1 heterocycles. The second-order valence-corrected chi connectivity index (χ2v) is 6.15. The molecule has 0 radical (unpaired) electrons. The predicted octanol–water partition coefficient (Wildman–Crippen LogP) is 1.69. The van der Waals surface area contributed by atoms with Crippen LogP contribution in [0.3, 0.4) is 0 Å². The fraction of sp³-hybridized carbons (Fsp3) is 0.250. The number of hydrogen-bond donors (Lipinski definition) is 0. The number of halogens is 2. The van der Waals surface area contributed by atoms with E-state index >= 15 is 0 Å². The summed E-state index contributed by atoms with van der Waals surface area (Å²) in [5.41, 5.74) is 0.448. The second kappa shape index (κ2) is 6.03. The van der Waals surface area contributed by atoms with Gasteiger partial charge in [0.2, 0.25) is 5.91 Å². The Balaban J connectivity index is 2.35. The Kier molecular flexibility index (Phi) is 4.57. The zero-order chi connectivity index (χ0) is 14.9. The maximum absolute atomic E-state index is 11.7. The Morgan fingerprint density at radius 1 is 1.40 bits per heavy atom. The van der Waals surface area contributed by atoms with Crippen molar-refractivity contribution in [2.75, 3.05) is 7.05 Å². The molecule has 1 fully saturated rings. The van der Waals surface area contributed by atoms with Crippen LogP contribution in [0.1, 0.15) is 6.42 Å². The molecule has 1 unspecified atom stereocenters. The number of thioether (sulfide) groups is 1. The lowest BCUT2D eigenvalue weighted by atomic mass is 10.3. The Bertz CT molecular complexity index is 586. The molecule has 1 aromatic rings. The van der Waals surface area contributed by atoms with E-state index < -0.39 is 11.2 Å². The number of amidine groups is 1. The number of carbonyl (C=O) groups is 2. The fourth-order valence-electron chi connectivity index (χ4n) is 1.60. The molecule has 0 bridgehead atoms. The lowest BCUT2D eigenvalue weighted by molar-refractivity contribution is -0.304. The summed E-state index contributed by atoms with van der Waals surface area (Å²) in [4.78, 5) is 28.2. The molecular formula is C12H9Cl2N2O3S-. The molecule has 0 aromatic heterocycles. The average Bonchev–Trinajstić information content (AvgIpc) is 2.33. The van der Waals surface area contributed by atoms with E-state index in [4.69, 9.17) is 23.2 Å². The molecule has 8 heteroatoms. The first-order valence-electron chi connectivity index (χ1n) is 5.55. The molecular weight excluding hydrogens is 323 g/mol. The van der Waals surface area contributed by atoms with Gasteiger partial charge in [0.1, 0.15) is 0 Å². The van der Waals surface area contributed by atoms with Gasteiger partial charge in [0.05, 0.1) is 16.9 Å². The zero-order valence-electron chi connectivity index (χ0n) is 10.3. The number of amides is 1. The molecule has 0 aliphatic carbocycles. The fourth-order valence-corrected chi connectivity index (χ4v) is 3.11. The maximum atomic E-state index is 11.7. The molecule has 20 heavy (non-hydrogen) atoms. The van der Waals surface area contributed by atoms with Gasteiger partial charge in [-0.3, -0.25) is 9.69 Å². The third-order valence-electron chi connectivity index (χ3n) is 2.60. The smallest absolute Gasteiger partial charge is 0.229 e. The number of aliphatic imine (C=N–C) groups is 1. The van der Waals surface area contributed by atoms with E-state index in [-0.39, 0.29) is 17.5 Å². The summed E-state index contributed by atoms with van der Waals surface area (Å²) >= 11 is 12.7. The molecule has 1 aliphatic rings. The first-order chi connectivity index (χ1) is 9.36. The van der Waals surface area contributed by atoms with Crippen molar-refractivity contribution in [2.45, 2.75) is 11.7 Å². The van der Waals surface area contributed by atoms with Crippen molar-refractivity contribution in [3.05, 3.63) is 28.2 Å². The molecule has 1 atom stereocenters. The van der Waals surface area contributed by atoms with E-state index in [1.165, 1.54) is 11.9 Å². The first kappa shape index (κ1) is 15.2. The lowest BCUT2D eigenvalue weighted by Crippen LogP contribution is -2.45. The van der Waals surface area contributed by atoms with Crippen molar-refractivity contribution in [1.82, 2.24) is 4.90 Å². The minimum atomic E-state index is -1.28. The largest absolute Gasteiger partial charge is 0.549 e. The molecule has 106 valence electrons. The molecule has 0 N–H and O–H groups in total. The summed E-state index contributed by atoms with van der Waals surface area (Å²) in [6, 6.07) is 4.70. The monoisotopic (exact) mass is 331 g/mol. The van der Waals surface area contributed by atoms with Crippen molar-refractivity contribution < 1.29 is 14.7 Å². The van der Waals surface area contributed by atoms with E-state index in [9.17, 15) is 14.7 Å². The Morgan fingerprint density at radius 2 is 2.00 bits per heavy atom. The van der Waals surface area contributed by atoms with Gasteiger partial charge in [0.25, 0.3) is 0 Å². The van der Waals surface area contributed by atoms with Gasteiger partial charge in [-0.1, -0.05) is 35.0 Å². The van der Waals surface area contributed by atoms with Crippen molar-refractivity contribution in [2.24, 2.45) is 4.99 Å². The quantitative estimate of drug-likeness (QED) is 0.826. The van der Waals surface area contributed by atoms with Crippen molar-refractivity contribution in [3.63, 3.8) is 0 Å². The van der Waals surface area contributed by atoms with Crippen LogP contribution in [0.5, 0.6) is 0 Å². The summed E-state index contributed by atoms with van der Waals surface area (Å²) in [5.74, 6) is -1.61. The van der Waals surface area contributed by atoms with E-state index in [0.29, 0.717) is 15.7 Å². The normalized spacial score (nSPS) is 21.4. The van der Waals surface area contributed by atoms with Gasteiger partial charge in [-0.15, -0.1) is 0 Å². The van der Waals surface area contributed by atoms with Gasteiger partial charge in [-0.2, -0.15) is 0 Å². The Labute approximate surface area is 129 Å². The molecule has 0 spiro atoms. The maximum Gasteiger partial charge on any atom is 0.229 e. The van der Waals surface area contributed by atoms with Crippen LogP contribution in [0, 0.1) is 0 Å². The number of carboxylic acid groups (broad SMARTS) is 1. The summed E-state index contributed by atoms with van der Waals surface area (Å²) < 4.78 is 0. The summed E-state index contributed by atoms with van der Waals surface area (Å²) in [6.45, 7) is 0. The van der Waals surface area contributed by atoms with Crippen molar-refractivity contribution >= 4 is 57.7 Å². The van der Waals surface area contributed by atoms with Crippen LogP contribution in [0.15, 0.2) is 23.2 Å². The number of benzene rings is 1. The van der Waals surface area contributed by atoms with E-state index in [1.54, 1.807) is 18.2 Å². The molecule has 0 saturated carbocycles. The van der Waals surface area contributed by atoms with Gasteiger partial charge in [0.15, 0.2) is 5.17 Å². The highest BCUT2D eigenvalue weighted by Crippen LogP contribution is 2.30. The van der Waals surface area contributed by atoms with E-state index in [0.717, 1.165) is 11.8 Å². The molecule has 1 aromatic carbocycles. The lowest BCUT2D eigenvalue weighted by Gasteiger charge is -2.29. The minimum absolute atomic E-state index is 0.112. The minimum Gasteiger partial charge on any atom is -0.549 e. The highest BCUT2D eigenvalue weighted by Gasteiger charge is 2.30. The summed E-state index contributed by atoms with van der Waals surface area (Å²) in [5, 5.41) is 11.1. The van der Waals surface area contributed by atoms with Crippen LogP contribution in [-0.2, 0) is 9.59 Å². The molecule has 5 nitrogen and oxygen atoms in total. The number of carbonyl (C=O) groups excluding carboxylic acids is 2. The highest BCUT2D eigenvalue weighted by molar-refractivity contribution is 8.15. The van der Waals surface area contributed by atoms with Crippen LogP contribution >= 0.6 is 35.0 Å². The number of carboxylic acids is 1. The zero-order valence-corrected chi connectivity index (χ0v) is 12.6. The predicted molar refractivity (Wildman–Crippen MR) is 77.3 cm³/mol. The third-order valence-corrected chi connectivity index (χ3v) is 4.26. The van der Waals surface area contributed by atoms with Crippen LogP contribution in [-0.4, -0.2) is 34.2 Å². The van der Waals surface area contributed by atoms with Gasteiger partial charge in [-0.05, 0) is 18.2 Å². The van der Waals surface area contributed by atoms with E-state index in [1.807, 2.05) is 0 Å². The van der Waals surface area contributed by atoms with Crippen molar-refractivity contribution in [1.29, 1.82) is 0 Å². The first-order valence-corrected chi connectivity index (χ1v) is 7.19. The SMILES string of the molecule is CN1C(=O)CC(C(=O)[O-])SC1=Nc1cc(Cl)cc(Cl)c1. The van der Waals surface area contributed by atoms with Crippen LogP contribution in [0.2, 0.25) is 10.0 Å². The standard InChI is InChI=1S/C12H10Cl2N2O3S/c1-16-10(17)5-9(11(18)19)20-12(16)15-8-3-6(13)2-7(14)4-8/h2-4,9H,5H2,1H3,(H,18,19)/p-1. The topological polar surface area (TPSA) is 72.8 Å². The second-order valence-electron chi connectivity index (χ2n) is 4.10. The van der Waals surface area contributed by atoms with Crippen LogP contribution in [0.25, 0.3) is 0 Å². The highest BCUT2D eigenvalue weighted by atomic mass is 35.5. The summed E-state index contributed by atoms with van der Waals surface area (Å²) in [7, 11) is 1.53. The average molecular weight is 332 g/mol.